The number of aliphatic carboxylic acids is 1. The molecule has 28 heavy (non-hydrogen) atoms. The summed E-state index contributed by atoms with van der Waals surface area (Å²) in [5.74, 6) is -1.39. The van der Waals surface area contributed by atoms with Gasteiger partial charge in [0, 0.05) is 29.3 Å². The number of carboxylic acid groups (broad SMARTS) is 1. The van der Waals surface area contributed by atoms with Crippen LogP contribution in [0.1, 0.15) is 16.1 Å². The van der Waals surface area contributed by atoms with Crippen LogP contribution in [0.2, 0.25) is 0 Å². The van der Waals surface area contributed by atoms with Crippen molar-refractivity contribution in [3.63, 3.8) is 0 Å². The van der Waals surface area contributed by atoms with E-state index in [1.54, 1.807) is 12.1 Å². The molecule has 8 nitrogen and oxygen atoms in total. The lowest BCUT2D eigenvalue weighted by atomic mass is 10.2. The van der Waals surface area contributed by atoms with E-state index < -0.39 is 22.5 Å². The van der Waals surface area contributed by atoms with Gasteiger partial charge in [-0.1, -0.05) is 36.4 Å². The molecule has 0 spiro atoms. The third kappa shape index (κ3) is 4.31. The second kappa shape index (κ2) is 8.00. The number of nitro groups is 1. The molecule has 0 unspecified atom stereocenters. The summed E-state index contributed by atoms with van der Waals surface area (Å²) < 4.78 is 5.61. The fourth-order valence-electron chi connectivity index (χ4n) is 2.44. The smallest absolute Gasteiger partial charge is 0.352 e. The number of hydrogen-bond donors (Lipinski definition) is 2. The maximum Gasteiger partial charge on any atom is 0.352 e. The first-order valence-corrected chi connectivity index (χ1v) is 8.10. The Morgan fingerprint density at radius 1 is 1.04 bits per heavy atom. The van der Waals surface area contributed by atoms with E-state index in [2.05, 4.69) is 5.32 Å². The highest BCUT2D eigenvalue weighted by Crippen LogP contribution is 2.23. The molecule has 2 aromatic carbocycles. The van der Waals surface area contributed by atoms with Gasteiger partial charge in [0.05, 0.1) is 4.92 Å². The van der Waals surface area contributed by atoms with E-state index >= 15 is 0 Å². The largest absolute Gasteiger partial charge is 0.477 e. The van der Waals surface area contributed by atoms with Crippen LogP contribution in [-0.4, -0.2) is 21.9 Å². The van der Waals surface area contributed by atoms with Crippen LogP contribution >= 0.6 is 0 Å². The van der Waals surface area contributed by atoms with Crippen molar-refractivity contribution in [1.29, 1.82) is 0 Å². The van der Waals surface area contributed by atoms with E-state index in [4.69, 9.17) is 4.42 Å². The summed E-state index contributed by atoms with van der Waals surface area (Å²) in [7, 11) is 0. The maximum absolute atomic E-state index is 12.3. The van der Waals surface area contributed by atoms with Gasteiger partial charge >= 0.3 is 5.97 Å². The SMILES string of the molecule is O=C(O)/C(=C/c1ccc(-c2ccccc2)o1)NC(=O)c1cccc([N+](=O)[O-])c1. The fourth-order valence-corrected chi connectivity index (χ4v) is 2.44. The van der Waals surface area contributed by atoms with Gasteiger partial charge < -0.3 is 14.8 Å². The summed E-state index contributed by atoms with van der Waals surface area (Å²) in [6.45, 7) is 0. The van der Waals surface area contributed by atoms with Gasteiger partial charge in [0.2, 0.25) is 0 Å². The first-order chi connectivity index (χ1) is 13.4. The van der Waals surface area contributed by atoms with Crippen LogP contribution in [0.4, 0.5) is 5.69 Å². The minimum Gasteiger partial charge on any atom is -0.477 e. The van der Waals surface area contributed by atoms with Crippen molar-refractivity contribution >= 4 is 23.6 Å². The van der Waals surface area contributed by atoms with Gasteiger partial charge in [-0.15, -0.1) is 0 Å². The zero-order chi connectivity index (χ0) is 20.1. The third-order valence-electron chi connectivity index (χ3n) is 3.77. The molecule has 140 valence electrons. The Hall–Kier alpha value is -4.20. The van der Waals surface area contributed by atoms with Crippen LogP contribution in [0, 0.1) is 10.1 Å². The quantitative estimate of drug-likeness (QED) is 0.383. The summed E-state index contributed by atoms with van der Waals surface area (Å²) in [5.41, 5.74) is 0.0861. The summed E-state index contributed by atoms with van der Waals surface area (Å²) in [4.78, 5) is 34.0. The molecule has 0 saturated heterocycles. The van der Waals surface area contributed by atoms with E-state index in [-0.39, 0.29) is 17.0 Å². The number of rotatable bonds is 6. The zero-order valence-electron chi connectivity index (χ0n) is 14.4. The molecule has 1 aromatic heterocycles. The number of carbonyl (C=O) groups excluding carboxylic acids is 1. The van der Waals surface area contributed by atoms with Crippen LogP contribution in [0.5, 0.6) is 0 Å². The van der Waals surface area contributed by atoms with Crippen molar-refractivity contribution in [2.45, 2.75) is 0 Å². The third-order valence-corrected chi connectivity index (χ3v) is 3.77. The number of carbonyl (C=O) groups is 2. The summed E-state index contributed by atoms with van der Waals surface area (Å²) in [6, 6.07) is 17.5. The number of nitrogens with one attached hydrogen (secondary N) is 1. The number of benzene rings is 2. The van der Waals surface area contributed by atoms with Crippen LogP contribution in [0.3, 0.4) is 0 Å². The number of furan rings is 1. The monoisotopic (exact) mass is 378 g/mol. The predicted octanol–water partition coefficient (Wildman–Crippen LogP) is 3.71. The molecule has 0 saturated carbocycles. The predicted molar refractivity (Wildman–Crippen MR) is 100 cm³/mol. The summed E-state index contributed by atoms with van der Waals surface area (Å²) >= 11 is 0. The molecule has 0 atom stereocenters. The number of amides is 1. The lowest BCUT2D eigenvalue weighted by molar-refractivity contribution is -0.384. The summed E-state index contributed by atoms with van der Waals surface area (Å²) in [6.07, 6.45) is 1.17. The number of non-ortho nitro benzene ring substituents is 1. The second-order valence-corrected chi connectivity index (χ2v) is 5.69. The van der Waals surface area contributed by atoms with Crippen molar-refractivity contribution in [2.24, 2.45) is 0 Å². The molecule has 1 heterocycles. The Morgan fingerprint density at radius 2 is 1.79 bits per heavy atom. The van der Waals surface area contributed by atoms with E-state index in [9.17, 15) is 24.8 Å². The minimum absolute atomic E-state index is 0.0363. The molecule has 0 fully saturated rings. The average molecular weight is 378 g/mol. The molecule has 3 aromatic rings. The van der Waals surface area contributed by atoms with Gasteiger partial charge in [0.1, 0.15) is 17.2 Å². The molecule has 0 bridgehead atoms. The Morgan fingerprint density at radius 3 is 2.46 bits per heavy atom. The number of hydrogen-bond acceptors (Lipinski definition) is 5. The van der Waals surface area contributed by atoms with Crippen molar-refractivity contribution in [3.05, 3.63) is 93.9 Å². The van der Waals surface area contributed by atoms with Gasteiger partial charge in [-0.3, -0.25) is 14.9 Å². The lowest BCUT2D eigenvalue weighted by Gasteiger charge is -2.05. The molecule has 8 heteroatoms. The Kier molecular flexibility index (Phi) is 5.31. The second-order valence-electron chi connectivity index (χ2n) is 5.69. The van der Waals surface area contributed by atoms with Gasteiger partial charge in [-0.2, -0.15) is 0 Å². The standard InChI is InChI=1S/C20H14N2O6/c23-19(14-7-4-8-15(11-14)22(26)27)21-17(20(24)25)12-16-9-10-18(28-16)13-5-2-1-3-6-13/h1-12H,(H,21,23)(H,24,25)/b17-12-. The molecule has 1 amide bonds. The highest BCUT2D eigenvalue weighted by Gasteiger charge is 2.16. The first kappa shape index (κ1) is 18.6. The number of carboxylic acids is 1. The fraction of sp³-hybridized carbons (Fsp3) is 0. The van der Waals surface area contributed by atoms with Crippen molar-refractivity contribution in [3.8, 4) is 11.3 Å². The van der Waals surface area contributed by atoms with Crippen molar-refractivity contribution < 1.29 is 24.0 Å². The van der Waals surface area contributed by atoms with Gasteiger partial charge in [0.25, 0.3) is 11.6 Å². The van der Waals surface area contributed by atoms with E-state index in [1.165, 1.54) is 24.3 Å². The average Bonchev–Trinajstić information content (AvgIpc) is 3.16. The number of nitrogens with zero attached hydrogens (tertiary/aromatic N) is 1. The highest BCUT2D eigenvalue weighted by atomic mass is 16.6. The molecule has 3 rings (SSSR count). The Balaban J connectivity index is 1.83. The normalized spacial score (nSPS) is 11.1. The minimum atomic E-state index is -1.38. The Bertz CT molecular complexity index is 1070. The van der Waals surface area contributed by atoms with Gasteiger partial charge in [0.15, 0.2) is 0 Å². The molecular formula is C20H14N2O6. The van der Waals surface area contributed by atoms with E-state index in [1.807, 2.05) is 30.3 Å². The maximum atomic E-state index is 12.3. The topological polar surface area (TPSA) is 123 Å². The Labute approximate surface area is 158 Å². The van der Waals surface area contributed by atoms with E-state index in [0.29, 0.717) is 5.76 Å². The first-order valence-electron chi connectivity index (χ1n) is 8.10. The van der Waals surface area contributed by atoms with Gasteiger partial charge in [-0.25, -0.2) is 4.79 Å². The number of nitro benzene ring substituents is 1. The van der Waals surface area contributed by atoms with Crippen LogP contribution in [0.25, 0.3) is 17.4 Å². The van der Waals surface area contributed by atoms with Gasteiger partial charge in [-0.05, 0) is 18.2 Å². The summed E-state index contributed by atoms with van der Waals surface area (Å²) in [5, 5.41) is 22.4. The highest BCUT2D eigenvalue weighted by molar-refractivity contribution is 6.02. The lowest BCUT2D eigenvalue weighted by Crippen LogP contribution is -2.27. The molecular weight excluding hydrogens is 364 g/mol. The molecule has 2 N–H and O–H groups in total. The molecule has 0 aliphatic heterocycles. The zero-order valence-corrected chi connectivity index (χ0v) is 14.4. The van der Waals surface area contributed by atoms with Crippen LogP contribution in [-0.2, 0) is 4.79 Å². The molecule has 0 radical (unpaired) electrons. The van der Waals surface area contributed by atoms with E-state index in [0.717, 1.165) is 11.6 Å². The molecule has 0 aliphatic rings. The van der Waals surface area contributed by atoms with Crippen LogP contribution < -0.4 is 5.32 Å². The van der Waals surface area contributed by atoms with Crippen molar-refractivity contribution in [1.82, 2.24) is 5.32 Å². The van der Waals surface area contributed by atoms with Crippen LogP contribution in [0.15, 0.2) is 76.8 Å². The van der Waals surface area contributed by atoms with Crippen molar-refractivity contribution in [2.75, 3.05) is 0 Å². The molecule has 0 aliphatic carbocycles.